The van der Waals surface area contributed by atoms with Crippen molar-refractivity contribution in [3.63, 3.8) is 0 Å². The molecule has 0 unspecified atom stereocenters. The first-order valence-electron chi connectivity index (χ1n) is 10.1. The van der Waals surface area contributed by atoms with Crippen LogP contribution in [0.1, 0.15) is 34.3 Å². The molecule has 0 saturated heterocycles. The summed E-state index contributed by atoms with van der Waals surface area (Å²) in [5.74, 6) is 1.34. The van der Waals surface area contributed by atoms with Crippen molar-refractivity contribution in [3.05, 3.63) is 83.2 Å². The molecule has 8 nitrogen and oxygen atoms in total. The maximum atomic E-state index is 6.04. The van der Waals surface area contributed by atoms with Gasteiger partial charge in [-0.25, -0.2) is 14.7 Å². The molecule has 4 aromatic rings. The van der Waals surface area contributed by atoms with E-state index in [4.69, 9.17) is 19.5 Å². The van der Waals surface area contributed by atoms with E-state index >= 15 is 0 Å². The van der Waals surface area contributed by atoms with Gasteiger partial charge in [0, 0.05) is 12.5 Å². The fourth-order valence-corrected chi connectivity index (χ4v) is 4.31. The first-order valence-corrected chi connectivity index (χ1v) is 10.1. The Hall–Kier alpha value is -3.94. The Kier molecular flexibility index (Phi) is 3.92. The highest BCUT2D eigenvalue weighted by Gasteiger charge is 2.30. The molecule has 31 heavy (non-hydrogen) atoms. The van der Waals surface area contributed by atoms with Crippen molar-refractivity contribution >= 4 is 5.90 Å². The van der Waals surface area contributed by atoms with Crippen molar-refractivity contribution in [2.45, 2.75) is 19.4 Å². The average molecular weight is 412 g/mol. The lowest BCUT2D eigenvalue weighted by atomic mass is 10.0. The van der Waals surface area contributed by atoms with Crippen molar-refractivity contribution in [3.8, 4) is 17.1 Å². The fraction of sp³-hybridized carbons (Fsp3) is 0.217. The summed E-state index contributed by atoms with van der Waals surface area (Å²) in [7, 11) is 1.65. The molecule has 6 rings (SSSR count). The van der Waals surface area contributed by atoms with Crippen LogP contribution >= 0.6 is 0 Å². The van der Waals surface area contributed by atoms with Crippen molar-refractivity contribution in [1.82, 2.24) is 24.5 Å². The van der Waals surface area contributed by atoms with Gasteiger partial charge < -0.3 is 9.47 Å². The van der Waals surface area contributed by atoms with Gasteiger partial charge in [-0.3, -0.25) is 4.57 Å². The van der Waals surface area contributed by atoms with E-state index in [1.54, 1.807) is 13.3 Å². The number of fused-ring (bicyclic) bond motifs is 5. The number of imidazole rings is 1. The average Bonchev–Trinajstić information content (AvgIpc) is 3.53. The minimum absolute atomic E-state index is 0.0249. The van der Waals surface area contributed by atoms with E-state index in [9.17, 15) is 0 Å². The molecule has 0 amide bonds. The van der Waals surface area contributed by atoms with E-state index in [0.717, 1.165) is 34.2 Å². The second-order valence-electron chi connectivity index (χ2n) is 7.70. The smallest absolute Gasteiger partial charge is 0.238 e. The highest BCUT2D eigenvalue weighted by atomic mass is 16.5. The predicted octanol–water partition coefficient (Wildman–Crippen LogP) is 3.19. The maximum Gasteiger partial charge on any atom is 0.238 e. The minimum atomic E-state index is -0.0249. The molecule has 1 atom stereocenters. The molecule has 0 aliphatic carbocycles. The van der Waals surface area contributed by atoms with Crippen LogP contribution in [0.4, 0.5) is 0 Å². The largest absolute Gasteiger partial charge is 0.497 e. The second-order valence-corrected chi connectivity index (χ2v) is 7.70. The summed E-state index contributed by atoms with van der Waals surface area (Å²) in [5.41, 5.74) is 6.95. The number of aliphatic imine (C=N–C) groups is 1. The molecule has 0 bridgehead atoms. The van der Waals surface area contributed by atoms with Crippen LogP contribution in [0.15, 0.2) is 60.0 Å². The lowest BCUT2D eigenvalue weighted by Gasteiger charge is -2.11. The standard InChI is InChI=1S/C23H20N6O2/c1-14-5-3-4-6-17(14)18-12-31-23(26-18)22-21-9-15-11-25-27-29(15)20-10-16(30-2)7-8-19(20)28(21)13-24-22/h3-8,10-11,13,18H,9,12H2,1-2H3/t18-/m1/s1. The normalized spacial score (nSPS) is 16.6. The summed E-state index contributed by atoms with van der Waals surface area (Å²) >= 11 is 0. The van der Waals surface area contributed by atoms with Gasteiger partial charge >= 0.3 is 0 Å². The number of aryl methyl sites for hydroxylation is 1. The molecule has 2 aliphatic heterocycles. The molecule has 0 N–H and O–H groups in total. The molecule has 2 aromatic heterocycles. The molecular weight excluding hydrogens is 392 g/mol. The number of benzene rings is 2. The van der Waals surface area contributed by atoms with E-state index in [-0.39, 0.29) is 6.04 Å². The van der Waals surface area contributed by atoms with Gasteiger partial charge in [-0.05, 0) is 30.2 Å². The zero-order valence-corrected chi connectivity index (χ0v) is 17.2. The minimum Gasteiger partial charge on any atom is -0.497 e. The molecule has 0 saturated carbocycles. The van der Waals surface area contributed by atoms with Crippen LogP contribution in [0.25, 0.3) is 11.4 Å². The summed E-state index contributed by atoms with van der Waals surface area (Å²) in [6.45, 7) is 2.62. The Morgan fingerprint density at radius 1 is 1.13 bits per heavy atom. The Balaban J connectivity index is 1.47. The molecule has 8 heteroatoms. The van der Waals surface area contributed by atoms with Gasteiger partial charge in [0.2, 0.25) is 5.90 Å². The van der Waals surface area contributed by atoms with Crippen LogP contribution in [0.5, 0.6) is 5.75 Å². The summed E-state index contributed by atoms with van der Waals surface area (Å²) in [6.07, 6.45) is 4.21. The van der Waals surface area contributed by atoms with Crippen LogP contribution in [-0.4, -0.2) is 44.2 Å². The van der Waals surface area contributed by atoms with Crippen LogP contribution < -0.4 is 4.74 Å². The summed E-state index contributed by atoms with van der Waals surface area (Å²) in [5, 5.41) is 8.43. The fourth-order valence-electron chi connectivity index (χ4n) is 4.31. The lowest BCUT2D eigenvalue weighted by Crippen LogP contribution is -2.08. The monoisotopic (exact) mass is 412 g/mol. The Morgan fingerprint density at radius 3 is 2.90 bits per heavy atom. The third-order valence-corrected chi connectivity index (χ3v) is 5.91. The Labute approximate surface area is 178 Å². The topological polar surface area (TPSA) is 79.3 Å². The second kappa shape index (κ2) is 6.80. The highest BCUT2D eigenvalue weighted by Crippen LogP contribution is 2.33. The van der Waals surface area contributed by atoms with Crippen molar-refractivity contribution < 1.29 is 9.47 Å². The molecule has 154 valence electrons. The van der Waals surface area contributed by atoms with Crippen molar-refractivity contribution in [2.24, 2.45) is 4.99 Å². The van der Waals surface area contributed by atoms with E-state index < -0.39 is 0 Å². The number of ether oxygens (including phenoxy) is 2. The molecule has 2 aliphatic rings. The number of hydrogen-bond acceptors (Lipinski definition) is 6. The summed E-state index contributed by atoms with van der Waals surface area (Å²) < 4.78 is 15.4. The van der Waals surface area contributed by atoms with Gasteiger partial charge in [-0.2, -0.15) is 0 Å². The van der Waals surface area contributed by atoms with E-state index in [2.05, 4.69) is 33.9 Å². The molecule has 0 spiro atoms. The van der Waals surface area contributed by atoms with Gasteiger partial charge in [0.05, 0.1) is 36.1 Å². The number of hydrogen-bond donors (Lipinski definition) is 0. The van der Waals surface area contributed by atoms with Gasteiger partial charge in [0.25, 0.3) is 0 Å². The Bertz CT molecular complexity index is 1340. The van der Waals surface area contributed by atoms with Gasteiger partial charge in [0.15, 0.2) is 0 Å². The number of rotatable bonds is 3. The van der Waals surface area contributed by atoms with Crippen LogP contribution in [0.3, 0.4) is 0 Å². The first kappa shape index (κ1) is 17.9. The zero-order chi connectivity index (χ0) is 20.9. The molecule has 4 heterocycles. The van der Waals surface area contributed by atoms with Crippen LogP contribution in [-0.2, 0) is 11.2 Å². The number of methoxy groups -OCH3 is 1. The number of nitrogens with zero attached hydrogens (tertiary/aromatic N) is 6. The summed E-state index contributed by atoms with van der Waals surface area (Å²) in [4.78, 5) is 9.58. The van der Waals surface area contributed by atoms with Gasteiger partial charge in [0.1, 0.15) is 30.4 Å². The molecular formula is C23H20N6O2. The quantitative estimate of drug-likeness (QED) is 0.455. The molecule has 0 radical (unpaired) electrons. The number of aromatic nitrogens is 5. The van der Waals surface area contributed by atoms with Crippen LogP contribution in [0, 0.1) is 6.92 Å². The zero-order valence-electron chi connectivity index (χ0n) is 17.2. The highest BCUT2D eigenvalue weighted by molar-refractivity contribution is 5.95. The summed E-state index contributed by atoms with van der Waals surface area (Å²) in [6, 6.07) is 14.2. The van der Waals surface area contributed by atoms with E-state index in [1.807, 2.05) is 41.3 Å². The SMILES string of the molecule is COc1ccc2c(c1)-n1nncc1Cc1c(C3=N[C@@H](c4ccccc4C)CO3)ncn1-2. The van der Waals surface area contributed by atoms with Crippen LogP contribution in [0.2, 0.25) is 0 Å². The first-order chi connectivity index (χ1) is 15.2. The molecule has 2 aromatic carbocycles. The van der Waals surface area contributed by atoms with E-state index in [1.165, 1.54) is 11.1 Å². The third kappa shape index (κ3) is 2.75. The lowest BCUT2D eigenvalue weighted by molar-refractivity contribution is 0.318. The maximum absolute atomic E-state index is 6.04. The Morgan fingerprint density at radius 2 is 2.03 bits per heavy atom. The third-order valence-electron chi connectivity index (χ3n) is 5.91. The van der Waals surface area contributed by atoms with Gasteiger partial charge in [-0.1, -0.05) is 29.5 Å². The molecule has 0 fully saturated rings. The van der Waals surface area contributed by atoms with Crippen molar-refractivity contribution in [2.75, 3.05) is 13.7 Å². The predicted molar refractivity (Wildman–Crippen MR) is 114 cm³/mol. The van der Waals surface area contributed by atoms with E-state index in [0.29, 0.717) is 18.9 Å². The van der Waals surface area contributed by atoms with Gasteiger partial charge in [-0.15, -0.1) is 5.10 Å². The van der Waals surface area contributed by atoms with Crippen molar-refractivity contribution in [1.29, 1.82) is 0 Å².